The van der Waals surface area contributed by atoms with E-state index in [1.807, 2.05) is 0 Å². The molecule has 9 heteroatoms. The van der Waals surface area contributed by atoms with E-state index in [-0.39, 0.29) is 37.2 Å². The first-order valence-electron chi connectivity index (χ1n) is 5.16. The third-order valence-electron chi connectivity index (χ3n) is 2.45. The van der Waals surface area contributed by atoms with E-state index >= 15 is 0 Å². The normalized spacial score (nSPS) is 12.4. The van der Waals surface area contributed by atoms with Crippen molar-refractivity contribution < 1.29 is 80.6 Å². The van der Waals surface area contributed by atoms with Gasteiger partial charge in [0, 0.05) is 0 Å². The fraction of sp³-hybridized carbons (Fsp3) is 0.0833. The number of carbonyl (C=O) groups excluding carboxylic acids is 1. The van der Waals surface area contributed by atoms with E-state index in [0.717, 1.165) is 24.7 Å². The number of hydrogen-bond donors (Lipinski definition) is 0. The summed E-state index contributed by atoms with van der Waals surface area (Å²) in [7, 11) is -2.59. The van der Waals surface area contributed by atoms with Crippen molar-refractivity contribution in [2.75, 3.05) is 0 Å². The van der Waals surface area contributed by atoms with Gasteiger partial charge >= 0.3 is 120 Å². The molecule has 0 radical (unpaired) electrons. The van der Waals surface area contributed by atoms with Gasteiger partial charge in [0.2, 0.25) is 0 Å². The molecule has 0 fully saturated rings. The van der Waals surface area contributed by atoms with Gasteiger partial charge in [-0.3, -0.25) is 0 Å². The molecule has 0 N–H and O–H groups in total. The molecule has 0 aromatic heterocycles. The standard InChI is InChI=1S/C12H8O4P.3ClH.Zr/c13-12(9-4-2-1-3-5-9)16-10-6-7-11(8-10)17(14)15;;;;/h1-6H,7H2;3*1H;/q;;;;+3/p-3. The molecule has 0 heterocycles. The van der Waals surface area contributed by atoms with Gasteiger partial charge in [0.15, 0.2) is 0 Å². The summed E-state index contributed by atoms with van der Waals surface area (Å²) in [4.78, 5) is 11.8. The van der Waals surface area contributed by atoms with E-state index in [2.05, 4.69) is 0 Å². The van der Waals surface area contributed by atoms with E-state index < -0.39 is 13.6 Å². The van der Waals surface area contributed by atoms with E-state index in [4.69, 9.17) is 4.74 Å². The second-order valence-electron chi connectivity index (χ2n) is 3.61. The van der Waals surface area contributed by atoms with Crippen LogP contribution in [0.5, 0.6) is 0 Å². The van der Waals surface area contributed by atoms with Crippen molar-refractivity contribution in [1.29, 1.82) is 0 Å². The van der Waals surface area contributed by atoms with Crippen molar-refractivity contribution in [3.63, 3.8) is 0 Å². The monoisotopic (exact) mass is 442 g/mol. The Morgan fingerprint density at radius 3 is 2.14 bits per heavy atom. The summed E-state index contributed by atoms with van der Waals surface area (Å²) in [6, 6.07) is 8.60. The number of ether oxygens (including phenoxy) is 1. The van der Waals surface area contributed by atoms with Crippen LogP contribution in [0.15, 0.2) is 50.8 Å². The largest absolute Gasteiger partial charge is 1.00 e. The van der Waals surface area contributed by atoms with Crippen LogP contribution in [0.2, 0.25) is 0 Å². The Kier molecular flexibility index (Phi) is 11.6. The van der Waals surface area contributed by atoms with Crippen LogP contribution in [-0.4, -0.2) is 5.97 Å². The molecular weight excluding hydrogens is 437 g/mol. The van der Waals surface area contributed by atoms with Crippen LogP contribution < -0.4 is 37.2 Å². The molecule has 110 valence electrons. The fourth-order valence-corrected chi connectivity index (χ4v) is 3.36. The minimum Gasteiger partial charge on any atom is -1.00 e. The zero-order valence-corrected chi connectivity index (χ0v) is 16.0. The predicted octanol–water partition coefficient (Wildman–Crippen LogP) is -5.93. The molecule has 0 aliphatic heterocycles. The number of halogens is 3. The topological polar surface area (TPSA) is 60.4 Å². The first-order chi connectivity index (χ1) is 8.59. The van der Waals surface area contributed by atoms with Gasteiger partial charge in [-0.1, -0.05) is 0 Å². The van der Waals surface area contributed by atoms with E-state index in [1.165, 1.54) is 0 Å². The third kappa shape index (κ3) is 5.84. The molecule has 1 aromatic rings. The molecule has 1 aromatic carbocycles. The smallest absolute Gasteiger partial charge is 1.00 e. The van der Waals surface area contributed by atoms with Crippen LogP contribution in [0.3, 0.4) is 0 Å². The Hall–Kier alpha value is -0.177. The number of esters is 1. The zero-order valence-electron chi connectivity index (χ0n) is 10.4. The van der Waals surface area contributed by atoms with Gasteiger partial charge in [0.25, 0.3) is 0 Å². The van der Waals surface area contributed by atoms with Crippen LogP contribution in [0.25, 0.3) is 0 Å². The number of hydrogen-bond acceptors (Lipinski definition) is 4. The van der Waals surface area contributed by atoms with Gasteiger partial charge in [-0.15, -0.1) is 0 Å². The molecule has 0 saturated carbocycles. The second kappa shape index (κ2) is 10.5. The summed E-state index contributed by atoms with van der Waals surface area (Å²) in [5.74, 6) is -0.0969. The molecule has 0 saturated heterocycles. The van der Waals surface area contributed by atoms with Crippen LogP contribution in [-0.2, 0) is 38.6 Å². The minimum atomic E-state index is -2.59. The summed E-state index contributed by atoms with van der Waals surface area (Å²) in [5, 5.41) is 0.346. The number of rotatable bonds is 3. The maximum absolute atomic E-state index is 11.8. The number of benzene rings is 1. The summed E-state index contributed by atoms with van der Waals surface area (Å²) in [6.45, 7) is 0. The fourth-order valence-electron chi connectivity index (χ4n) is 1.53. The summed E-state index contributed by atoms with van der Waals surface area (Å²) >= 11 is 0.923. The quantitative estimate of drug-likeness (QED) is 0.344. The first kappa shape index (κ1) is 23.1. The Bertz CT molecular complexity index is 619. The van der Waals surface area contributed by atoms with Crippen LogP contribution in [0.1, 0.15) is 16.8 Å². The molecule has 0 amide bonds. The van der Waals surface area contributed by atoms with Crippen molar-refractivity contribution in [1.82, 2.24) is 0 Å². The Morgan fingerprint density at radius 1 is 1.10 bits per heavy atom. The molecular formula is C12H8Cl3O4PZr. The molecule has 2 rings (SSSR count). The number of carbonyl (C=O) groups is 1. The average Bonchev–Trinajstić information content (AvgIpc) is 2.72. The van der Waals surface area contributed by atoms with Gasteiger partial charge in [0.05, 0.1) is 0 Å². The molecule has 1 aliphatic carbocycles. The SMILES string of the molecule is O=C(OC1=CCC(P(=O)=O)=[C]1[Zr+3])c1ccccc1.[Cl-].[Cl-].[Cl-]. The van der Waals surface area contributed by atoms with Gasteiger partial charge in [-0.2, -0.15) is 0 Å². The van der Waals surface area contributed by atoms with Crippen molar-refractivity contribution in [2.24, 2.45) is 0 Å². The number of allylic oxidation sites excluding steroid dienone is 3. The van der Waals surface area contributed by atoms with Crippen molar-refractivity contribution >= 4 is 13.6 Å². The Labute approximate surface area is 156 Å². The molecule has 0 bridgehead atoms. The molecule has 0 unspecified atom stereocenters. The average molecular weight is 445 g/mol. The summed E-state index contributed by atoms with van der Waals surface area (Å²) in [6.07, 6.45) is 1.95. The van der Waals surface area contributed by atoms with Crippen LogP contribution in [0, 0.1) is 0 Å². The molecule has 4 nitrogen and oxygen atoms in total. The van der Waals surface area contributed by atoms with E-state index in [0.29, 0.717) is 26.3 Å². The first-order valence-corrected chi connectivity index (χ1v) is 7.57. The predicted molar refractivity (Wildman–Crippen MR) is 59.9 cm³/mol. The Balaban J connectivity index is 0. The summed E-state index contributed by atoms with van der Waals surface area (Å²) < 4.78 is 27.7. The maximum Gasteiger partial charge on any atom is -1.00 e. The molecule has 1 aliphatic rings. The van der Waals surface area contributed by atoms with Crippen molar-refractivity contribution in [2.45, 2.75) is 6.42 Å². The zero-order chi connectivity index (χ0) is 13.1. The van der Waals surface area contributed by atoms with Gasteiger partial charge in [0.1, 0.15) is 0 Å². The van der Waals surface area contributed by atoms with Crippen molar-refractivity contribution in [3.8, 4) is 0 Å². The molecule has 21 heavy (non-hydrogen) atoms. The van der Waals surface area contributed by atoms with Crippen LogP contribution >= 0.6 is 7.68 Å². The van der Waals surface area contributed by atoms with E-state index in [1.54, 1.807) is 36.4 Å². The van der Waals surface area contributed by atoms with Gasteiger partial charge in [-0.25, -0.2) is 0 Å². The van der Waals surface area contributed by atoms with Crippen molar-refractivity contribution in [3.05, 3.63) is 56.3 Å². The van der Waals surface area contributed by atoms with Gasteiger partial charge in [-0.05, 0) is 0 Å². The van der Waals surface area contributed by atoms with Gasteiger partial charge < -0.3 is 37.2 Å². The summed E-state index contributed by atoms with van der Waals surface area (Å²) in [5.41, 5.74) is 0.446. The van der Waals surface area contributed by atoms with E-state index in [9.17, 15) is 13.9 Å². The third-order valence-corrected chi connectivity index (χ3v) is 5.16. The second-order valence-corrected chi connectivity index (χ2v) is 5.89. The maximum atomic E-state index is 11.8. The molecule has 0 atom stereocenters. The molecule has 0 spiro atoms. The Morgan fingerprint density at radius 2 is 1.67 bits per heavy atom. The van der Waals surface area contributed by atoms with Crippen LogP contribution in [0.4, 0.5) is 0 Å². The minimum absolute atomic E-state index is 0.